The van der Waals surface area contributed by atoms with Gasteiger partial charge in [0, 0.05) is 12.2 Å². The van der Waals surface area contributed by atoms with E-state index < -0.39 is 0 Å². The summed E-state index contributed by atoms with van der Waals surface area (Å²) in [4.78, 5) is 0.108. The van der Waals surface area contributed by atoms with E-state index in [-0.39, 0.29) is 10.8 Å². The van der Waals surface area contributed by atoms with Crippen molar-refractivity contribution in [2.24, 2.45) is 11.7 Å². The summed E-state index contributed by atoms with van der Waals surface area (Å²) in [5, 5.41) is 3.27. The minimum absolute atomic E-state index is 0.108. The molecule has 4 heteroatoms. The summed E-state index contributed by atoms with van der Waals surface area (Å²) >= 11 is 4.88. The van der Waals surface area contributed by atoms with Gasteiger partial charge in [0.2, 0.25) is 0 Å². The van der Waals surface area contributed by atoms with E-state index >= 15 is 0 Å². The Morgan fingerprint density at radius 2 is 2.12 bits per heavy atom. The second-order valence-corrected chi connectivity index (χ2v) is 5.00. The van der Waals surface area contributed by atoms with Crippen LogP contribution in [0, 0.1) is 11.7 Å². The fraction of sp³-hybridized carbons (Fsp3) is 0.462. The van der Waals surface area contributed by atoms with E-state index in [4.69, 9.17) is 18.0 Å². The maximum atomic E-state index is 13.6. The maximum absolute atomic E-state index is 13.6. The first-order chi connectivity index (χ1) is 8.18. The minimum Gasteiger partial charge on any atom is -0.389 e. The van der Waals surface area contributed by atoms with Crippen LogP contribution in [0.4, 0.5) is 10.1 Å². The third-order valence-corrected chi connectivity index (χ3v) is 3.52. The predicted molar refractivity (Wildman–Crippen MR) is 72.7 cm³/mol. The highest BCUT2D eigenvalue weighted by Crippen LogP contribution is 2.26. The van der Waals surface area contributed by atoms with E-state index in [2.05, 4.69) is 5.32 Å². The van der Waals surface area contributed by atoms with E-state index in [9.17, 15) is 4.39 Å². The van der Waals surface area contributed by atoms with Crippen LogP contribution in [0.25, 0.3) is 0 Å². The highest BCUT2D eigenvalue weighted by atomic mass is 32.1. The third kappa shape index (κ3) is 2.94. The van der Waals surface area contributed by atoms with Crippen molar-refractivity contribution in [1.29, 1.82) is 0 Å². The van der Waals surface area contributed by atoms with Crippen molar-refractivity contribution >= 4 is 22.9 Å². The van der Waals surface area contributed by atoms with Crippen LogP contribution in [0.1, 0.15) is 31.2 Å². The molecule has 0 atom stereocenters. The van der Waals surface area contributed by atoms with E-state index in [1.54, 1.807) is 6.07 Å². The molecular weight excluding hydrogens is 235 g/mol. The molecule has 0 amide bonds. The first kappa shape index (κ1) is 12.3. The van der Waals surface area contributed by atoms with E-state index in [1.165, 1.54) is 31.7 Å². The highest BCUT2D eigenvalue weighted by molar-refractivity contribution is 7.80. The Kier molecular flexibility index (Phi) is 3.94. The van der Waals surface area contributed by atoms with Crippen molar-refractivity contribution in [1.82, 2.24) is 0 Å². The molecule has 92 valence electrons. The molecule has 1 aliphatic carbocycles. The van der Waals surface area contributed by atoms with Gasteiger partial charge >= 0.3 is 0 Å². The zero-order valence-corrected chi connectivity index (χ0v) is 10.5. The second kappa shape index (κ2) is 5.45. The fourth-order valence-corrected chi connectivity index (χ4v) is 2.60. The lowest BCUT2D eigenvalue weighted by Gasteiger charge is -2.15. The van der Waals surface area contributed by atoms with Gasteiger partial charge in [0.25, 0.3) is 0 Å². The van der Waals surface area contributed by atoms with Crippen LogP contribution in [-0.4, -0.2) is 11.5 Å². The maximum Gasteiger partial charge on any atom is 0.135 e. The molecule has 0 spiro atoms. The lowest BCUT2D eigenvalue weighted by molar-refractivity contribution is 0.579. The van der Waals surface area contributed by atoms with E-state index in [0.717, 1.165) is 6.54 Å². The quantitative estimate of drug-likeness (QED) is 0.809. The Labute approximate surface area is 106 Å². The number of hydrogen-bond donors (Lipinski definition) is 2. The van der Waals surface area contributed by atoms with Gasteiger partial charge in [0.1, 0.15) is 10.8 Å². The van der Waals surface area contributed by atoms with Crippen LogP contribution in [-0.2, 0) is 0 Å². The average molecular weight is 252 g/mol. The number of halogens is 1. The molecule has 1 fully saturated rings. The summed E-state index contributed by atoms with van der Waals surface area (Å²) in [5.41, 5.74) is 6.60. The zero-order valence-electron chi connectivity index (χ0n) is 9.71. The molecule has 1 aromatic carbocycles. The summed E-state index contributed by atoms with van der Waals surface area (Å²) in [7, 11) is 0. The normalized spacial score (nSPS) is 16.1. The monoisotopic (exact) mass is 252 g/mol. The summed E-state index contributed by atoms with van der Waals surface area (Å²) in [6.07, 6.45) is 5.12. The lowest BCUT2D eigenvalue weighted by atomic mass is 10.1. The van der Waals surface area contributed by atoms with Crippen molar-refractivity contribution in [2.45, 2.75) is 25.7 Å². The Morgan fingerprint density at radius 1 is 1.41 bits per heavy atom. The summed E-state index contributed by atoms with van der Waals surface area (Å²) in [6.45, 7) is 0.874. The van der Waals surface area contributed by atoms with Crippen molar-refractivity contribution in [2.75, 3.05) is 11.9 Å². The molecule has 0 aliphatic heterocycles. The van der Waals surface area contributed by atoms with Crippen molar-refractivity contribution in [3.8, 4) is 0 Å². The van der Waals surface area contributed by atoms with Crippen molar-refractivity contribution in [3.05, 3.63) is 29.6 Å². The number of rotatable bonds is 4. The molecule has 1 aromatic rings. The van der Waals surface area contributed by atoms with Gasteiger partial charge in [-0.3, -0.25) is 0 Å². The second-order valence-electron chi connectivity index (χ2n) is 4.56. The fourth-order valence-electron chi connectivity index (χ4n) is 2.39. The number of benzene rings is 1. The first-order valence-electron chi connectivity index (χ1n) is 6.00. The summed E-state index contributed by atoms with van der Waals surface area (Å²) in [6, 6.07) is 4.88. The van der Waals surface area contributed by atoms with Crippen LogP contribution in [0.15, 0.2) is 18.2 Å². The molecule has 1 aliphatic rings. The van der Waals surface area contributed by atoms with Gasteiger partial charge in [-0.15, -0.1) is 0 Å². The van der Waals surface area contributed by atoms with Gasteiger partial charge in [0.15, 0.2) is 0 Å². The smallest absolute Gasteiger partial charge is 0.135 e. The number of nitrogens with two attached hydrogens (primary N) is 1. The Hall–Kier alpha value is -1.16. The van der Waals surface area contributed by atoms with Crippen LogP contribution in [0.2, 0.25) is 0 Å². The standard InChI is InChI=1S/C13H17FN2S/c14-10-6-3-7-11(12(10)13(15)17)16-8-9-4-1-2-5-9/h3,6-7,9,16H,1-2,4-5,8H2,(H2,15,17). The molecule has 0 unspecified atom stereocenters. The third-order valence-electron chi connectivity index (χ3n) is 3.32. The topological polar surface area (TPSA) is 38.0 Å². The molecule has 17 heavy (non-hydrogen) atoms. The Balaban J connectivity index is 2.09. The van der Waals surface area contributed by atoms with Crippen LogP contribution in [0.5, 0.6) is 0 Å². The molecule has 2 rings (SSSR count). The van der Waals surface area contributed by atoms with Crippen LogP contribution < -0.4 is 11.1 Å². The van der Waals surface area contributed by atoms with E-state index in [1.807, 2.05) is 6.07 Å². The SMILES string of the molecule is NC(=S)c1c(F)cccc1NCC1CCCC1. The van der Waals surface area contributed by atoms with Gasteiger partial charge in [-0.2, -0.15) is 0 Å². The molecule has 3 N–H and O–H groups in total. The molecule has 0 aromatic heterocycles. The highest BCUT2D eigenvalue weighted by Gasteiger charge is 2.16. The number of nitrogens with one attached hydrogen (secondary N) is 1. The van der Waals surface area contributed by atoms with Gasteiger partial charge in [-0.05, 0) is 30.9 Å². The number of thiocarbonyl (C=S) groups is 1. The largest absolute Gasteiger partial charge is 0.389 e. The van der Waals surface area contributed by atoms with Crippen molar-refractivity contribution in [3.63, 3.8) is 0 Å². The summed E-state index contributed by atoms with van der Waals surface area (Å²) in [5.74, 6) is 0.339. The predicted octanol–water partition coefficient (Wildman–Crippen LogP) is 3.06. The summed E-state index contributed by atoms with van der Waals surface area (Å²) < 4.78 is 13.6. The molecule has 0 radical (unpaired) electrons. The van der Waals surface area contributed by atoms with Gasteiger partial charge in [-0.25, -0.2) is 4.39 Å². The molecule has 0 heterocycles. The minimum atomic E-state index is -0.353. The van der Waals surface area contributed by atoms with Gasteiger partial charge in [0.05, 0.1) is 5.56 Å². The van der Waals surface area contributed by atoms with Gasteiger partial charge < -0.3 is 11.1 Å². The Morgan fingerprint density at radius 3 is 2.76 bits per heavy atom. The molecular formula is C13H17FN2S. The molecule has 0 bridgehead atoms. The first-order valence-corrected chi connectivity index (χ1v) is 6.41. The molecule has 0 saturated heterocycles. The zero-order chi connectivity index (χ0) is 12.3. The van der Waals surface area contributed by atoms with Crippen LogP contribution >= 0.6 is 12.2 Å². The molecule has 1 saturated carbocycles. The van der Waals surface area contributed by atoms with Crippen LogP contribution in [0.3, 0.4) is 0 Å². The average Bonchev–Trinajstić information content (AvgIpc) is 2.78. The Bertz CT molecular complexity index is 414. The van der Waals surface area contributed by atoms with Crippen molar-refractivity contribution < 1.29 is 4.39 Å². The van der Waals surface area contributed by atoms with E-state index in [0.29, 0.717) is 17.2 Å². The number of anilines is 1. The molecule has 2 nitrogen and oxygen atoms in total. The van der Waals surface area contributed by atoms with Gasteiger partial charge in [-0.1, -0.05) is 31.1 Å². The lowest BCUT2D eigenvalue weighted by Crippen LogP contribution is -2.18. The number of hydrogen-bond acceptors (Lipinski definition) is 2.